The van der Waals surface area contributed by atoms with Gasteiger partial charge in [-0.2, -0.15) is 10.2 Å². The van der Waals surface area contributed by atoms with Crippen LogP contribution in [0.15, 0.2) is 42.9 Å². The van der Waals surface area contributed by atoms with E-state index in [1.54, 1.807) is 30.3 Å². The molecule has 1 aliphatic rings. The number of aromatic nitrogens is 4. The van der Waals surface area contributed by atoms with Crippen LogP contribution in [0.1, 0.15) is 59.3 Å². The highest BCUT2D eigenvalue weighted by Gasteiger charge is 2.59. The highest BCUT2D eigenvalue weighted by atomic mass is 31.2. The van der Waals surface area contributed by atoms with Crippen LogP contribution in [-0.2, 0) is 32.9 Å². The number of carbonyl (C=O) groups is 2. The third-order valence-corrected chi connectivity index (χ3v) is 8.98. The van der Waals surface area contributed by atoms with Crippen LogP contribution >= 0.6 is 7.75 Å². The first-order valence-electron chi connectivity index (χ1n) is 14.3. The molecular weight excluding hydrogens is 598 g/mol. The Bertz CT molecular complexity index is 1490. The number of nitrogens with two attached hydrogens (primary N) is 1. The van der Waals surface area contributed by atoms with Crippen LogP contribution in [0.5, 0.6) is 5.75 Å². The van der Waals surface area contributed by atoms with Gasteiger partial charge in [0, 0.05) is 6.92 Å². The maximum Gasteiger partial charge on any atom is 0.459 e. The quantitative estimate of drug-likeness (QED) is 0.192. The van der Waals surface area contributed by atoms with E-state index in [0.29, 0.717) is 0 Å². The van der Waals surface area contributed by atoms with Crippen molar-refractivity contribution in [3.63, 3.8) is 0 Å². The van der Waals surface area contributed by atoms with Gasteiger partial charge in [-0.1, -0.05) is 44.9 Å². The Kier molecular flexibility index (Phi) is 10.6. The molecule has 1 fully saturated rings. The molecule has 1 aromatic carbocycles. The number of hydrogen-bond donors (Lipinski definition) is 2. The minimum atomic E-state index is -4.34. The van der Waals surface area contributed by atoms with Crippen LogP contribution in [0.3, 0.4) is 0 Å². The SMILES string of the molecule is CCC(CC)COC(=O)[C@H](C)NP(=O)(OC[C@H]1O[C@@H](c2cnc3c(N)ncnn23)[C@](C)(F)[C@@H]1OC(C)=O)Oc1ccccc1. The number of para-hydroxylation sites is 1. The van der Waals surface area contributed by atoms with Gasteiger partial charge in [-0.3, -0.25) is 14.1 Å². The lowest BCUT2D eigenvalue weighted by atomic mass is 9.93. The van der Waals surface area contributed by atoms with Crippen molar-refractivity contribution < 1.29 is 41.8 Å². The van der Waals surface area contributed by atoms with Gasteiger partial charge in [0.25, 0.3) is 0 Å². The van der Waals surface area contributed by atoms with E-state index >= 15 is 4.39 Å². The molecule has 2 aromatic heterocycles. The molecule has 0 spiro atoms. The summed E-state index contributed by atoms with van der Waals surface area (Å²) < 4.78 is 60.1. The van der Waals surface area contributed by atoms with Crippen molar-refractivity contribution in [1.82, 2.24) is 24.7 Å². The zero-order valence-electron chi connectivity index (χ0n) is 25.2. The van der Waals surface area contributed by atoms with Crippen molar-refractivity contribution in [3.8, 4) is 5.75 Å². The fourth-order valence-electron chi connectivity index (χ4n) is 4.80. The van der Waals surface area contributed by atoms with Crippen molar-refractivity contribution in [1.29, 1.82) is 0 Å². The molecule has 1 aliphatic heterocycles. The summed E-state index contributed by atoms with van der Waals surface area (Å²) >= 11 is 0. The molecule has 4 rings (SSSR count). The molecular formula is C28H38FN6O8P. The van der Waals surface area contributed by atoms with Crippen LogP contribution in [-0.4, -0.2) is 68.7 Å². The number of imidazole rings is 1. The predicted octanol–water partition coefficient (Wildman–Crippen LogP) is 3.97. The fraction of sp³-hybridized carbons (Fsp3) is 0.536. The van der Waals surface area contributed by atoms with E-state index in [-0.39, 0.29) is 35.4 Å². The van der Waals surface area contributed by atoms with Gasteiger partial charge in [-0.15, -0.1) is 0 Å². The zero-order valence-corrected chi connectivity index (χ0v) is 26.1. The fourth-order valence-corrected chi connectivity index (χ4v) is 6.30. The summed E-state index contributed by atoms with van der Waals surface area (Å²) in [6.07, 6.45) is 0.0559. The first-order chi connectivity index (χ1) is 20.9. The Balaban J connectivity index is 1.57. The number of fused-ring (bicyclic) bond motifs is 1. The van der Waals surface area contributed by atoms with Gasteiger partial charge in [-0.05, 0) is 31.9 Å². The van der Waals surface area contributed by atoms with Crippen LogP contribution < -0.4 is 15.3 Å². The van der Waals surface area contributed by atoms with E-state index in [1.807, 2.05) is 13.8 Å². The van der Waals surface area contributed by atoms with Crippen molar-refractivity contribution in [2.45, 2.75) is 77.5 Å². The Morgan fingerprint density at radius 1 is 1.23 bits per heavy atom. The van der Waals surface area contributed by atoms with Gasteiger partial charge in [0.1, 0.15) is 30.3 Å². The Hall–Kier alpha value is -3.65. The number of nitrogens with zero attached hydrogens (tertiary/aromatic N) is 4. The van der Waals surface area contributed by atoms with Gasteiger partial charge in [-0.25, -0.2) is 23.4 Å². The lowest BCUT2D eigenvalue weighted by Gasteiger charge is -2.27. The number of rotatable bonds is 14. The number of carbonyl (C=O) groups excluding carboxylic acids is 2. The van der Waals surface area contributed by atoms with Crippen LogP contribution in [0.2, 0.25) is 0 Å². The molecule has 3 aromatic rings. The molecule has 44 heavy (non-hydrogen) atoms. The predicted molar refractivity (Wildman–Crippen MR) is 156 cm³/mol. The maximum absolute atomic E-state index is 16.5. The largest absolute Gasteiger partial charge is 0.464 e. The molecule has 0 amide bonds. The highest BCUT2D eigenvalue weighted by molar-refractivity contribution is 7.52. The molecule has 0 aliphatic carbocycles. The van der Waals surface area contributed by atoms with Crippen LogP contribution in [0.4, 0.5) is 10.2 Å². The number of esters is 2. The molecule has 0 saturated carbocycles. The van der Waals surface area contributed by atoms with E-state index in [2.05, 4.69) is 20.2 Å². The Labute approximate surface area is 254 Å². The van der Waals surface area contributed by atoms with E-state index < -0.39 is 56.3 Å². The topological polar surface area (TPSA) is 178 Å². The van der Waals surface area contributed by atoms with Crippen molar-refractivity contribution in [3.05, 3.63) is 48.5 Å². The molecule has 16 heteroatoms. The minimum absolute atomic E-state index is 0.0684. The van der Waals surface area contributed by atoms with Crippen molar-refractivity contribution in [2.24, 2.45) is 5.92 Å². The lowest BCUT2D eigenvalue weighted by Crippen LogP contribution is -2.43. The number of hydrogen-bond acceptors (Lipinski definition) is 12. The smallest absolute Gasteiger partial charge is 0.459 e. The number of nitrogens with one attached hydrogen (secondary N) is 1. The summed E-state index contributed by atoms with van der Waals surface area (Å²) in [4.78, 5) is 32.8. The number of anilines is 1. The summed E-state index contributed by atoms with van der Waals surface area (Å²) in [7, 11) is -4.34. The molecule has 240 valence electrons. The normalized spacial score (nSPS) is 23.8. The summed E-state index contributed by atoms with van der Waals surface area (Å²) in [5, 5.41) is 6.71. The van der Waals surface area contributed by atoms with Gasteiger partial charge in [0.2, 0.25) is 0 Å². The van der Waals surface area contributed by atoms with E-state index in [4.69, 9.17) is 29.0 Å². The van der Waals surface area contributed by atoms with Crippen LogP contribution in [0, 0.1) is 5.92 Å². The van der Waals surface area contributed by atoms with Gasteiger partial charge >= 0.3 is 19.7 Å². The van der Waals surface area contributed by atoms with E-state index in [0.717, 1.165) is 19.8 Å². The lowest BCUT2D eigenvalue weighted by molar-refractivity contribution is -0.155. The standard InChI is InChI=1S/C28H38FN6O8P/c1-6-19(7-2)14-39-27(37)17(3)34-44(38,43-20-11-9-8-10-12-20)40-15-22-24(41-18(4)36)28(5,29)23(42-22)21-13-31-26-25(30)32-16-33-35(21)26/h8-13,16-17,19,22-24H,6-7,14-15H2,1-5H3,(H,34,38)(H2,30,32,33)/t17-,22+,23-,24+,28-,44?/m0/s1. The summed E-state index contributed by atoms with van der Waals surface area (Å²) in [5.74, 6) is -0.989. The Morgan fingerprint density at radius 3 is 2.59 bits per heavy atom. The van der Waals surface area contributed by atoms with Crippen LogP contribution in [0.25, 0.3) is 5.65 Å². The first-order valence-corrected chi connectivity index (χ1v) is 15.8. The highest BCUT2D eigenvalue weighted by Crippen LogP contribution is 2.49. The molecule has 1 unspecified atom stereocenters. The summed E-state index contributed by atoms with van der Waals surface area (Å²) in [6, 6.07) is 7.06. The van der Waals surface area contributed by atoms with Crippen molar-refractivity contribution >= 4 is 31.2 Å². The first kappa shape index (κ1) is 33.2. The van der Waals surface area contributed by atoms with E-state index in [9.17, 15) is 14.2 Å². The second-order valence-corrected chi connectivity index (χ2v) is 12.4. The number of ether oxygens (including phenoxy) is 3. The van der Waals surface area contributed by atoms with Gasteiger partial charge in [0.15, 0.2) is 23.2 Å². The molecule has 3 N–H and O–H groups in total. The second kappa shape index (κ2) is 14.0. The van der Waals surface area contributed by atoms with Crippen molar-refractivity contribution in [2.75, 3.05) is 18.9 Å². The molecule has 14 nitrogen and oxygen atoms in total. The summed E-state index contributed by atoms with van der Waals surface area (Å²) in [6.45, 7) is 7.43. The third kappa shape index (κ3) is 7.52. The number of nitrogen functional groups attached to an aromatic ring is 1. The monoisotopic (exact) mass is 636 g/mol. The molecule has 3 heterocycles. The van der Waals surface area contributed by atoms with Gasteiger partial charge in [0.05, 0.1) is 25.1 Å². The minimum Gasteiger partial charge on any atom is -0.464 e. The average Bonchev–Trinajstić information content (AvgIpc) is 3.51. The van der Waals surface area contributed by atoms with E-state index in [1.165, 1.54) is 30.9 Å². The number of benzene rings is 1. The zero-order chi connectivity index (χ0) is 32.1. The van der Waals surface area contributed by atoms with Gasteiger partial charge < -0.3 is 24.5 Å². The maximum atomic E-state index is 16.5. The second-order valence-electron chi connectivity index (χ2n) is 10.7. The summed E-state index contributed by atoms with van der Waals surface area (Å²) in [5.41, 5.74) is 3.92. The molecule has 6 atom stereocenters. The molecule has 0 bridgehead atoms. The number of alkyl halides is 1. The number of halogens is 1. The third-order valence-electron chi connectivity index (χ3n) is 7.34. The Morgan fingerprint density at radius 2 is 1.93 bits per heavy atom. The average molecular weight is 637 g/mol. The molecule has 1 saturated heterocycles. The molecule has 0 radical (unpaired) electrons.